The van der Waals surface area contributed by atoms with E-state index in [9.17, 15) is 26.4 Å². The van der Waals surface area contributed by atoms with E-state index in [1.54, 1.807) is 35.2 Å². The number of hydrogen-bond acceptors (Lipinski definition) is 6. The summed E-state index contributed by atoms with van der Waals surface area (Å²) in [6, 6.07) is 13.0. The van der Waals surface area contributed by atoms with Crippen molar-refractivity contribution in [3.05, 3.63) is 69.7 Å². The molecule has 222 valence electrons. The molecule has 13 heteroatoms. The molecular formula is C28H33Cl2N3O6S2. The fourth-order valence-corrected chi connectivity index (χ4v) is 9.63. The normalized spacial score (nSPS) is 26.0. The number of amides is 2. The zero-order chi connectivity index (χ0) is 29.9. The number of halogens is 2. The summed E-state index contributed by atoms with van der Waals surface area (Å²) in [6.07, 6.45) is 2.32. The van der Waals surface area contributed by atoms with Crippen molar-refractivity contribution >= 4 is 55.1 Å². The minimum Gasteiger partial charge on any atom is -0.329 e. The van der Waals surface area contributed by atoms with E-state index in [-0.39, 0.29) is 19.4 Å². The Kier molecular flexibility index (Phi) is 8.00. The Hall–Kier alpha value is -2.18. The van der Waals surface area contributed by atoms with Crippen molar-refractivity contribution in [2.24, 2.45) is 0 Å². The lowest BCUT2D eigenvalue weighted by Crippen LogP contribution is -2.75. The van der Waals surface area contributed by atoms with Gasteiger partial charge in [0, 0.05) is 35.6 Å². The zero-order valence-electron chi connectivity index (χ0n) is 23.0. The second-order valence-corrected chi connectivity index (χ2v) is 16.3. The van der Waals surface area contributed by atoms with E-state index >= 15 is 0 Å². The van der Waals surface area contributed by atoms with Crippen LogP contribution in [0.25, 0.3) is 0 Å². The molecule has 0 N–H and O–H groups in total. The van der Waals surface area contributed by atoms with Gasteiger partial charge in [-0.1, -0.05) is 54.4 Å². The third-order valence-corrected chi connectivity index (χ3v) is 12.5. The summed E-state index contributed by atoms with van der Waals surface area (Å²) in [6.45, 7) is 1.89. The molecule has 3 aliphatic rings. The smallest absolute Gasteiger partial charge is 0.251 e. The van der Waals surface area contributed by atoms with Gasteiger partial charge in [-0.05, 0) is 61.1 Å². The summed E-state index contributed by atoms with van der Waals surface area (Å²) in [5.74, 6) is -1.62. The van der Waals surface area contributed by atoms with Gasteiger partial charge in [-0.25, -0.2) is 25.4 Å². The van der Waals surface area contributed by atoms with Gasteiger partial charge in [-0.15, -0.1) is 0 Å². The number of carbonyl (C=O) groups is 2. The monoisotopic (exact) mass is 641 g/mol. The molecule has 2 aliphatic heterocycles. The van der Waals surface area contributed by atoms with Gasteiger partial charge < -0.3 is 4.90 Å². The highest BCUT2D eigenvalue weighted by molar-refractivity contribution is 7.90. The SMILES string of the molecule is CC[C@@H](CN(C)S(=O)(=O)C1CC1)N1C(=O)[C@@]2(CC(=O)N2S(C)(=O)=O)C[C@H](c2cccc(Cl)c2)[C@H]1c1ccc(Cl)cc1. The average molecular weight is 643 g/mol. The predicted molar refractivity (Wildman–Crippen MR) is 158 cm³/mol. The molecule has 5 rings (SSSR count). The van der Waals surface area contributed by atoms with Crippen molar-refractivity contribution in [1.82, 2.24) is 13.5 Å². The van der Waals surface area contributed by atoms with Crippen LogP contribution in [0.4, 0.5) is 0 Å². The topological polar surface area (TPSA) is 112 Å². The quantitative estimate of drug-likeness (QED) is 0.380. The number of piperidine rings is 1. The van der Waals surface area contributed by atoms with Crippen LogP contribution < -0.4 is 0 Å². The predicted octanol–water partition coefficient (Wildman–Crippen LogP) is 4.18. The van der Waals surface area contributed by atoms with E-state index in [4.69, 9.17) is 23.2 Å². The lowest BCUT2D eigenvalue weighted by atomic mass is 9.67. The molecule has 2 heterocycles. The van der Waals surface area contributed by atoms with Gasteiger partial charge in [0.1, 0.15) is 5.54 Å². The maximum atomic E-state index is 14.7. The lowest BCUT2D eigenvalue weighted by molar-refractivity contribution is -0.173. The molecule has 1 spiro atoms. The van der Waals surface area contributed by atoms with E-state index in [2.05, 4.69) is 0 Å². The minimum atomic E-state index is -4.08. The Morgan fingerprint density at radius 2 is 1.66 bits per heavy atom. The van der Waals surface area contributed by atoms with Gasteiger partial charge in [0.2, 0.25) is 26.0 Å². The first-order valence-electron chi connectivity index (χ1n) is 13.5. The highest BCUT2D eigenvalue weighted by atomic mass is 35.5. The molecule has 41 heavy (non-hydrogen) atoms. The van der Waals surface area contributed by atoms with Gasteiger partial charge in [-0.2, -0.15) is 0 Å². The lowest BCUT2D eigenvalue weighted by Gasteiger charge is -2.59. The van der Waals surface area contributed by atoms with E-state index in [1.807, 2.05) is 25.1 Å². The highest BCUT2D eigenvalue weighted by Gasteiger charge is 2.66. The van der Waals surface area contributed by atoms with Gasteiger partial charge >= 0.3 is 0 Å². The molecule has 0 unspecified atom stereocenters. The van der Waals surface area contributed by atoms with Crippen molar-refractivity contribution in [2.45, 2.75) is 67.8 Å². The molecule has 0 aromatic heterocycles. The van der Waals surface area contributed by atoms with Crippen LogP contribution in [0, 0.1) is 0 Å². The molecule has 2 amide bonds. The molecule has 4 atom stereocenters. The Labute approximate surface area is 251 Å². The third-order valence-electron chi connectivity index (χ3n) is 8.46. The molecule has 2 aromatic carbocycles. The first kappa shape index (κ1) is 30.3. The Morgan fingerprint density at radius 1 is 1.00 bits per heavy atom. The van der Waals surface area contributed by atoms with Crippen LogP contribution in [0.3, 0.4) is 0 Å². The zero-order valence-corrected chi connectivity index (χ0v) is 26.2. The number of sulfonamides is 2. The largest absolute Gasteiger partial charge is 0.329 e. The highest BCUT2D eigenvalue weighted by Crippen LogP contribution is 2.54. The first-order valence-corrected chi connectivity index (χ1v) is 17.6. The molecular weight excluding hydrogens is 609 g/mol. The second kappa shape index (κ2) is 10.8. The summed E-state index contributed by atoms with van der Waals surface area (Å²) in [4.78, 5) is 29.1. The number of likely N-dealkylation sites (N-methyl/N-ethyl adjacent to an activating group) is 1. The van der Waals surface area contributed by atoms with Crippen LogP contribution >= 0.6 is 23.2 Å². The summed E-state index contributed by atoms with van der Waals surface area (Å²) >= 11 is 12.6. The number of benzene rings is 2. The maximum Gasteiger partial charge on any atom is 0.251 e. The van der Waals surface area contributed by atoms with Crippen LogP contribution in [0.5, 0.6) is 0 Å². The molecule has 1 aliphatic carbocycles. The van der Waals surface area contributed by atoms with Gasteiger partial charge in [0.05, 0.1) is 24.0 Å². The number of likely N-dealkylation sites (tertiary alicyclic amines) is 1. The summed E-state index contributed by atoms with van der Waals surface area (Å²) in [5, 5.41) is 0.555. The molecule has 1 saturated carbocycles. The second-order valence-electron chi connectivity index (χ2n) is 11.3. The fraction of sp³-hybridized carbons (Fsp3) is 0.500. The molecule has 9 nitrogen and oxygen atoms in total. The van der Waals surface area contributed by atoms with Gasteiger partial charge in [-0.3, -0.25) is 9.59 Å². The number of β-lactam (4-membered cyclic amide) rings is 1. The number of nitrogens with zero attached hydrogens (tertiary/aromatic N) is 3. The maximum absolute atomic E-state index is 14.7. The Morgan fingerprint density at radius 3 is 2.20 bits per heavy atom. The molecule has 0 radical (unpaired) electrons. The van der Waals surface area contributed by atoms with Crippen LogP contribution in [0.2, 0.25) is 10.0 Å². The van der Waals surface area contributed by atoms with E-state index in [0.717, 1.165) is 21.7 Å². The number of carbonyl (C=O) groups excluding carboxylic acids is 2. The van der Waals surface area contributed by atoms with Crippen molar-refractivity contribution in [3.63, 3.8) is 0 Å². The summed E-state index contributed by atoms with van der Waals surface area (Å²) < 4.78 is 54.0. The number of hydrogen-bond donors (Lipinski definition) is 0. The standard InChI is InChI=1S/C28H33Cl2N3O6S2/c1-4-22(17-31(2)41(38,39)23-12-13-23)32-26(18-8-10-20(29)11-9-18)24(19-6-5-7-21(30)14-19)15-28(27(32)35)16-25(34)33(28)40(3,36)37/h5-11,14,22-24,26H,4,12-13,15-17H2,1-3H3/t22-,24+,26+,28-/m0/s1. The van der Waals surface area contributed by atoms with E-state index < -0.39 is 60.7 Å². The van der Waals surface area contributed by atoms with Crippen molar-refractivity contribution in [2.75, 3.05) is 19.8 Å². The summed E-state index contributed by atoms with van der Waals surface area (Å²) in [7, 11) is -6.11. The van der Waals surface area contributed by atoms with Gasteiger partial charge in [0.15, 0.2) is 0 Å². The minimum absolute atomic E-state index is 0.0241. The van der Waals surface area contributed by atoms with Gasteiger partial charge in [0.25, 0.3) is 5.91 Å². The van der Waals surface area contributed by atoms with Crippen molar-refractivity contribution < 1.29 is 26.4 Å². The van der Waals surface area contributed by atoms with Crippen molar-refractivity contribution in [3.8, 4) is 0 Å². The molecule has 2 saturated heterocycles. The molecule has 3 fully saturated rings. The Balaban J connectivity index is 1.69. The van der Waals surface area contributed by atoms with Crippen LogP contribution in [-0.2, 0) is 29.6 Å². The van der Waals surface area contributed by atoms with Crippen LogP contribution in [0.1, 0.15) is 62.1 Å². The summed E-state index contributed by atoms with van der Waals surface area (Å²) in [5.41, 5.74) is -0.0942. The molecule has 0 bridgehead atoms. The molecule has 2 aromatic rings. The van der Waals surface area contributed by atoms with Crippen LogP contribution in [-0.4, -0.2) is 78.8 Å². The first-order chi connectivity index (χ1) is 19.2. The third kappa shape index (κ3) is 5.40. The Bertz CT molecular complexity index is 1580. The fourth-order valence-electron chi connectivity index (χ4n) is 6.40. The average Bonchev–Trinajstić information content (AvgIpc) is 3.74. The van der Waals surface area contributed by atoms with E-state index in [1.165, 1.54) is 11.4 Å². The van der Waals surface area contributed by atoms with Crippen molar-refractivity contribution in [1.29, 1.82) is 0 Å². The van der Waals surface area contributed by atoms with Crippen LogP contribution in [0.15, 0.2) is 48.5 Å². The van der Waals surface area contributed by atoms with E-state index in [0.29, 0.717) is 29.3 Å². The number of rotatable bonds is 9.